The van der Waals surface area contributed by atoms with Gasteiger partial charge in [-0.05, 0) is 38.0 Å². The van der Waals surface area contributed by atoms with Gasteiger partial charge in [0, 0.05) is 20.1 Å². The first-order valence-electron chi connectivity index (χ1n) is 7.90. The van der Waals surface area contributed by atoms with Gasteiger partial charge in [-0.3, -0.25) is 14.8 Å². The molecule has 2 rings (SSSR count). The molecule has 0 atom stereocenters. The van der Waals surface area contributed by atoms with E-state index in [1.165, 1.54) is 20.0 Å². The summed E-state index contributed by atoms with van der Waals surface area (Å²) in [6.07, 6.45) is 0.817. The lowest BCUT2D eigenvalue weighted by Crippen LogP contribution is -2.46. The highest BCUT2D eigenvalue weighted by Crippen LogP contribution is 2.28. The van der Waals surface area contributed by atoms with Crippen molar-refractivity contribution in [1.82, 2.24) is 10.4 Å². The number of halogens is 3. The molecule has 1 saturated heterocycles. The van der Waals surface area contributed by atoms with Crippen molar-refractivity contribution in [2.45, 2.75) is 25.9 Å². The van der Waals surface area contributed by atoms with Gasteiger partial charge in [-0.15, -0.1) is 11.3 Å². The van der Waals surface area contributed by atoms with Crippen LogP contribution in [0.25, 0.3) is 0 Å². The summed E-state index contributed by atoms with van der Waals surface area (Å²) in [6, 6.07) is 3.25. The number of aliphatic imine (C=N–C) groups is 1. The largest absolute Gasteiger partial charge is 0.416 e. The summed E-state index contributed by atoms with van der Waals surface area (Å²) >= 11 is 1.14. The maximum absolute atomic E-state index is 13.1. The second-order valence-corrected chi connectivity index (χ2v) is 6.53. The lowest BCUT2D eigenvalue weighted by molar-refractivity contribution is -0.0881. The highest BCUT2D eigenvalue weighted by Gasteiger charge is 2.32. The molecule has 136 valence electrons. The van der Waals surface area contributed by atoms with Crippen LogP contribution >= 0.6 is 11.3 Å². The van der Waals surface area contributed by atoms with Crippen molar-refractivity contribution < 1.29 is 18.0 Å². The number of hydrazine groups is 1. The highest BCUT2D eigenvalue weighted by atomic mass is 32.1. The third kappa shape index (κ3) is 5.02. The van der Waals surface area contributed by atoms with E-state index < -0.39 is 11.7 Å². The maximum atomic E-state index is 13.1. The van der Waals surface area contributed by atoms with Crippen molar-refractivity contribution in [3.05, 3.63) is 45.7 Å². The van der Waals surface area contributed by atoms with Crippen molar-refractivity contribution in [1.29, 1.82) is 0 Å². The average molecular weight is 371 g/mol. The summed E-state index contributed by atoms with van der Waals surface area (Å²) in [7, 11) is 1.43. The van der Waals surface area contributed by atoms with Gasteiger partial charge in [0.05, 0.1) is 21.0 Å². The zero-order valence-electron chi connectivity index (χ0n) is 14.1. The molecule has 0 saturated carbocycles. The van der Waals surface area contributed by atoms with E-state index in [1.807, 2.05) is 0 Å². The Morgan fingerprint density at radius 3 is 2.60 bits per heavy atom. The molecule has 25 heavy (non-hydrogen) atoms. The Kier molecular flexibility index (Phi) is 6.55. The Hall–Kier alpha value is -1.93. The molecule has 4 nitrogen and oxygen atoms in total. The average Bonchev–Trinajstić information content (AvgIpc) is 3.07. The molecule has 0 unspecified atom stereocenters. The number of rotatable bonds is 4. The van der Waals surface area contributed by atoms with Gasteiger partial charge in [0.25, 0.3) is 5.91 Å². The topological polar surface area (TPSA) is 44.7 Å². The van der Waals surface area contributed by atoms with Gasteiger partial charge in [-0.1, -0.05) is 12.2 Å². The van der Waals surface area contributed by atoms with Crippen molar-refractivity contribution in [3.63, 3.8) is 0 Å². The number of carbonyl (C=O) groups is 1. The number of hydrogen-bond donors (Lipinski definition) is 1. The molecule has 1 aliphatic heterocycles. The second-order valence-electron chi connectivity index (χ2n) is 5.44. The first kappa shape index (κ1) is 19.4. The van der Waals surface area contributed by atoms with Gasteiger partial charge >= 0.3 is 6.18 Å². The molecule has 0 aromatic carbocycles. The van der Waals surface area contributed by atoms with E-state index in [0.717, 1.165) is 42.9 Å². The van der Waals surface area contributed by atoms with Crippen LogP contribution in [0.2, 0.25) is 0 Å². The van der Waals surface area contributed by atoms with E-state index in [1.54, 1.807) is 17.1 Å². The Bertz CT molecular complexity index is 698. The Labute approximate surface area is 148 Å². The van der Waals surface area contributed by atoms with E-state index in [9.17, 15) is 18.0 Å². The van der Waals surface area contributed by atoms with Crippen LogP contribution in [0.1, 0.15) is 34.3 Å². The van der Waals surface area contributed by atoms with Crippen LogP contribution in [-0.2, 0) is 0 Å². The highest BCUT2D eigenvalue weighted by molar-refractivity contribution is 7.16. The summed E-state index contributed by atoms with van der Waals surface area (Å²) in [4.78, 5) is 17.4. The maximum Gasteiger partial charge on any atom is 0.416 e. The third-order valence-corrected chi connectivity index (χ3v) is 4.73. The number of amides is 1. The minimum atomic E-state index is -4.46. The predicted octanol–water partition coefficient (Wildman–Crippen LogP) is 3.97. The lowest BCUT2D eigenvalue weighted by atomic mass is 10.1. The number of allylic oxidation sites excluding steroid dienone is 4. The number of carbonyl (C=O) groups excluding carboxylic acids is 1. The summed E-state index contributed by atoms with van der Waals surface area (Å²) in [5, 5.41) is 1.55. The standard InChI is InChI=1S/C17H20F3N3OS/c1-3-6-12(17(18,19)20)11-13(21-2)14-7-8-15(25-14)16(24)23-10-5-4-9-22-23/h3,6-8,11,22H,4-5,9-10H2,1-2H3/b6-3-,12-11+,21-13?. The fourth-order valence-corrected chi connectivity index (χ4v) is 3.34. The normalized spacial score (nSPS) is 17.4. The minimum absolute atomic E-state index is 0.167. The molecule has 1 amide bonds. The monoisotopic (exact) mass is 371 g/mol. The Morgan fingerprint density at radius 1 is 1.32 bits per heavy atom. The van der Waals surface area contributed by atoms with Gasteiger partial charge in [0.2, 0.25) is 0 Å². The van der Waals surface area contributed by atoms with Crippen LogP contribution in [0.4, 0.5) is 13.2 Å². The van der Waals surface area contributed by atoms with Crippen molar-refractivity contribution >= 4 is 23.0 Å². The Morgan fingerprint density at radius 2 is 2.04 bits per heavy atom. The van der Waals surface area contributed by atoms with E-state index in [2.05, 4.69) is 10.4 Å². The Balaban J connectivity index is 2.25. The molecule has 2 heterocycles. The molecule has 0 radical (unpaired) electrons. The number of thiophene rings is 1. The van der Waals surface area contributed by atoms with Crippen LogP contribution in [-0.4, -0.2) is 42.9 Å². The molecular weight excluding hydrogens is 351 g/mol. The lowest BCUT2D eigenvalue weighted by Gasteiger charge is -2.27. The molecule has 0 bridgehead atoms. The molecule has 1 N–H and O–H groups in total. The molecule has 8 heteroatoms. The van der Waals surface area contributed by atoms with Gasteiger partial charge in [-0.25, -0.2) is 5.43 Å². The number of hydrogen-bond acceptors (Lipinski definition) is 4. The predicted molar refractivity (Wildman–Crippen MR) is 94.0 cm³/mol. The van der Waals surface area contributed by atoms with Crippen LogP contribution in [0, 0.1) is 0 Å². The summed E-state index contributed by atoms with van der Waals surface area (Å²) < 4.78 is 39.2. The smallest absolute Gasteiger partial charge is 0.287 e. The number of nitrogens with one attached hydrogen (secondary N) is 1. The van der Waals surface area contributed by atoms with E-state index in [-0.39, 0.29) is 11.6 Å². The SMILES string of the molecule is C/C=C\C(=C/C(=NC)c1ccc(C(=O)N2CCCCN2)s1)C(F)(F)F. The second kappa shape index (κ2) is 8.44. The van der Waals surface area contributed by atoms with Crippen LogP contribution in [0.15, 0.2) is 40.9 Å². The third-order valence-electron chi connectivity index (χ3n) is 3.63. The van der Waals surface area contributed by atoms with Gasteiger partial charge in [-0.2, -0.15) is 13.2 Å². The number of nitrogens with zero attached hydrogens (tertiary/aromatic N) is 2. The van der Waals surface area contributed by atoms with Crippen LogP contribution < -0.4 is 5.43 Å². The first-order valence-corrected chi connectivity index (χ1v) is 8.72. The molecule has 1 aliphatic rings. The van der Waals surface area contributed by atoms with Crippen molar-refractivity contribution in [2.24, 2.45) is 4.99 Å². The fraction of sp³-hybridized carbons (Fsp3) is 0.412. The molecule has 1 aromatic heterocycles. The molecular formula is C17H20F3N3OS. The molecule has 1 aromatic rings. The van der Waals surface area contributed by atoms with Gasteiger partial charge in [0.15, 0.2) is 0 Å². The summed E-state index contributed by atoms with van der Waals surface area (Å²) in [5.74, 6) is -0.167. The van der Waals surface area contributed by atoms with Crippen LogP contribution in [0.5, 0.6) is 0 Å². The fourth-order valence-electron chi connectivity index (χ4n) is 2.38. The zero-order chi connectivity index (χ0) is 18.4. The van der Waals surface area contributed by atoms with Gasteiger partial charge in [0.1, 0.15) is 0 Å². The first-order chi connectivity index (χ1) is 11.9. The summed E-state index contributed by atoms with van der Waals surface area (Å²) in [5.41, 5.74) is 2.44. The molecule has 0 spiro atoms. The van der Waals surface area contributed by atoms with E-state index in [0.29, 0.717) is 16.3 Å². The van der Waals surface area contributed by atoms with Crippen molar-refractivity contribution in [2.75, 3.05) is 20.1 Å². The van der Waals surface area contributed by atoms with Gasteiger partial charge < -0.3 is 0 Å². The van der Waals surface area contributed by atoms with E-state index >= 15 is 0 Å². The van der Waals surface area contributed by atoms with Crippen molar-refractivity contribution in [3.8, 4) is 0 Å². The van der Waals surface area contributed by atoms with E-state index in [4.69, 9.17) is 0 Å². The number of alkyl halides is 3. The molecule has 0 aliphatic carbocycles. The van der Waals surface area contributed by atoms with Crippen LogP contribution in [0.3, 0.4) is 0 Å². The zero-order valence-corrected chi connectivity index (χ0v) is 14.9. The summed E-state index contributed by atoms with van der Waals surface area (Å²) in [6.45, 7) is 2.89. The minimum Gasteiger partial charge on any atom is -0.287 e. The quantitative estimate of drug-likeness (QED) is 0.643. The molecule has 1 fully saturated rings.